The Hall–Kier alpha value is -3.57. The van der Waals surface area contributed by atoms with Gasteiger partial charge < -0.3 is 24.3 Å². The van der Waals surface area contributed by atoms with Crippen LogP contribution in [0.25, 0.3) is 0 Å². The number of esters is 1. The summed E-state index contributed by atoms with van der Waals surface area (Å²) in [6.45, 7) is 13.9. The number of carbonyl (C=O) groups excluding carboxylic acids is 4. The highest BCUT2D eigenvalue weighted by atomic mass is 35.5. The molecule has 0 spiro atoms. The van der Waals surface area contributed by atoms with Gasteiger partial charge in [0.05, 0.1) is 29.5 Å². The van der Waals surface area contributed by atoms with E-state index < -0.39 is 17.9 Å². The quantitative estimate of drug-likeness (QED) is 0.364. The van der Waals surface area contributed by atoms with Gasteiger partial charge in [0.1, 0.15) is 12.4 Å². The number of halogens is 1. The first-order chi connectivity index (χ1) is 21.5. The van der Waals surface area contributed by atoms with Crippen LogP contribution >= 0.6 is 11.6 Å². The third-order valence-electron chi connectivity index (χ3n) is 9.48. The lowest BCUT2D eigenvalue weighted by Crippen LogP contribution is -2.43. The zero-order valence-electron chi connectivity index (χ0n) is 26.8. The Balaban J connectivity index is 1.19. The summed E-state index contributed by atoms with van der Waals surface area (Å²) < 4.78 is 5.11. The van der Waals surface area contributed by atoms with Crippen molar-refractivity contribution in [1.29, 1.82) is 0 Å². The Bertz CT molecular complexity index is 1430. The lowest BCUT2D eigenvalue weighted by Gasteiger charge is -2.28. The molecule has 45 heavy (non-hydrogen) atoms. The standard InChI is InChI=1S/C33H43ClN6O5/c1-6-45-33(44)23(5)40-18-24(12-29(40)41)31(42)39(27-9-8-20(2)28(34)13-27)11-7-10-37-14-25-16-38(17-26(25)15-37)32(43)30-21(3)35-19-36-22(30)4/h8-9,13,19,23-26H,6-7,10-12,14-18H2,1-5H3. The number of aryl methyl sites for hydroxylation is 3. The van der Waals surface area contributed by atoms with Crippen LogP contribution in [0.3, 0.4) is 0 Å². The molecule has 11 nitrogen and oxygen atoms in total. The van der Waals surface area contributed by atoms with Crippen LogP contribution in [0.4, 0.5) is 5.69 Å². The molecule has 3 aliphatic heterocycles. The minimum Gasteiger partial charge on any atom is -0.464 e. The van der Waals surface area contributed by atoms with Gasteiger partial charge >= 0.3 is 5.97 Å². The van der Waals surface area contributed by atoms with Gasteiger partial charge in [0.25, 0.3) is 5.91 Å². The number of nitrogens with zero attached hydrogens (tertiary/aromatic N) is 6. The predicted molar refractivity (Wildman–Crippen MR) is 170 cm³/mol. The molecule has 0 radical (unpaired) electrons. The molecule has 1 aromatic carbocycles. The number of hydrogen-bond acceptors (Lipinski definition) is 8. The van der Waals surface area contributed by atoms with E-state index in [9.17, 15) is 19.2 Å². The average Bonchev–Trinajstić information content (AvgIpc) is 3.69. The molecule has 3 fully saturated rings. The Morgan fingerprint density at radius 2 is 1.71 bits per heavy atom. The fraction of sp³-hybridized carbons (Fsp3) is 0.576. The van der Waals surface area contributed by atoms with Crippen molar-refractivity contribution in [2.45, 2.75) is 53.5 Å². The molecule has 242 valence electrons. The lowest BCUT2D eigenvalue weighted by molar-refractivity contribution is -0.152. The van der Waals surface area contributed by atoms with Gasteiger partial charge in [-0.1, -0.05) is 17.7 Å². The van der Waals surface area contributed by atoms with E-state index in [0.29, 0.717) is 46.0 Å². The molecule has 0 saturated carbocycles. The molecule has 2 aromatic rings. The maximum absolute atomic E-state index is 13.9. The predicted octanol–water partition coefficient (Wildman–Crippen LogP) is 3.28. The highest BCUT2D eigenvalue weighted by Crippen LogP contribution is 2.33. The van der Waals surface area contributed by atoms with E-state index in [-0.39, 0.29) is 37.3 Å². The maximum atomic E-state index is 13.9. The Morgan fingerprint density at radius 1 is 1.04 bits per heavy atom. The van der Waals surface area contributed by atoms with Crippen molar-refractivity contribution in [3.8, 4) is 0 Å². The van der Waals surface area contributed by atoms with Crippen LogP contribution in [-0.2, 0) is 19.1 Å². The van der Waals surface area contributed by atoms with Crippen LogP contribution in [-0.4, -0.2) is 107 Å². The summed E-state index contributed by atoms with van der Waals surface area (Å²) in [5.41, 5.74) is 3.65. The molecule has 0 bridgehead atoms. The first-order valence-corrected chi connectivity index (χ1v) is 16.2. The van der Waals surface area contributed by atoms with Crippen molar-refractivity contribution in [2.75, 3.05) is 57.3 Å². The monoisotopic (exact) mass is 638 g/mol. The number of hydrogen-bond donors (Lipinski definition) is 0. The summed E-state index contributed by atoms with van der Waals surface area (Å²) >= 11 is 6.46. The first kappa shape index (κ1) is 32.8. The van der Waals surface area contributed by atoms with Crippen LogP contribution in [0.15, 0.2) is 24.5 Å². The molecule has 3 saturated heterocycles. The van der Waals surface area contributed by atoms with Gasteiger partial charge in [0.15, 0.2) is 0 Å². The molecule has 0 aliphatic carbocycles. The van der Waals surface area contributed by atoms with Crippen molar-refractivity contribution >= 4 is 41.0 Å². The second kappa shape index (κ2) is 13.8. The van der Waals surface area contributed by atoms with Crippen LogP contribution < -0.4 is 4.90 Å². The Kier molecular flexibility index (Phi) is 10.1. The Labute approximate surface area is 269 Å². The van der Waals surface area contributed by atoms with Crippen LogP contribution in [0.5, 0.6) is 0 Å². The molecule has 4 unspecified atom stereocenters. The van der Waals surface area contributed by atoms with Crippen LogP contribution in [0.2, 0.25) is 5.02 Å². The summed E-state index contributed by atoms with van der Waals surface area (Å²) in [7, 11) is 0. The summed E-state index contributed by atoms with van der Waals surface area (Å²) in [5, 5.41) is 0.573. The third kappa shape index (κ3) is 6.99. The lowest BCUT2D eigenvalue weighted by atomic mass is 10.0. The van der Waals surface area contributed by atoms with Crippen molar-refractivity contribution < 1.29 is 23.9 Å². The summed E-state index contributed by atoms with van der Waals surface area (Å²) in [6.07, 6.45) is 2.29. The molecular formula is C33H43ClN6O5. The molecular weight excluding hydrogens is 596 g/mol. The van der Waals surface area contributed by atoms with Gasteiger partial charge in [-0.25, -0.2) is 14.8 Å². The minimum atomic E-state index is -0.743. The van der Waals surface area contributed by atoms with Crippen LogP contribution in [0.1, 0.15) is 54.0 Å². The van der Waals surface area contributed by atoms with Crippen molar-refractivity contribution in [3.05, 3.63) is 52.1 Å². The summed E-state index contributed by atoms with van der Waals surface area (Å²) in [6, 6.07) is 4.85. The van der Waals surface area contributed by atoms with E-state index in [1.807, 2.05) is 37.8 Å². The third-order valence-corrected chi connectivity index (χ3v) is 9.89. The number of likely N-dealkylation sites (tertiary alicyclic amines) is 3. The van der Waals surface area contributed by atoms with E-state index in [0.717, 1.165) is 44.7 Å². The van der Waals surface area contributed by atoms with Crippen LogP contribution in [0, 0.1) is 38.5 Å². The number of ether oxygens (including phenoxy) is 1. The Morgan fingerprint density at radius 3 is 2.33 bits per heavy atom. The SMILES string of the molecule is CCOC(=O)C(C)N1CC(C(=O)N(CCCN2CC3CN(C(=O)c4c(C)ncnc4C)CC3C2)c2ccc(C)c(Cl)c2)CC1=O. The number of aromatic nitrogens is 2. The fourth-order valence-corrected chi connectivity index (χ4v) is 7.12. The second-order valence-electron chi connectivity index (χ2n) is 12.6. The second-order valence-corrected chi connectivity index (χ2v) is 13.0. The molecule has 4 atom stereocenters. The van der Waals surface area contributed by atoms with Gasteiger partial charge in [-0.2, -0.15) is 0 Å². The number of benzene rings is 1. The number of anilines is 1. The molecule has 3 aliphatic rings. The number of carbonyl (C=O) groups is 4. The van der Waals surface area contributed by atoms with E-state index >= 15 is 0 Å². The van der Waals surface area contributed by atoms with Gasteiger partial charge in [0.2, 0.25) is 11.8 Å². The van der Waals surface area contributed by atoms with Gasteiger partial charge in [-0.3, -0.25) is 14.4 Å². The largest absolute Gasteiger partial charge is 0.464 e. The average molecular weight is 639 g/mol. The molecule has 5 rings (SSSR count). The topological polar surface area (TPSA) is 116 Å². The van der Waals surface area contributed by atoms with Gasteiger partial charge in [-0.15, -0.1) is 0 Å². The van der Waals surface area contributed by atoms with Crippen molar-refractivity contribution in [1.82, 2.24) is 24.7 Å². The fourth-order valence-electron chi connectivity index (χ4n) is 6.95. The number of rotatable bonds is 10. The van der Waals surface area contributed by atoms with Gasteiger partial charge in [0, 0.05) is 56.4 Å². The number of fused-ring (bicyclic) bond motifs is 1. The zero-order valence-corrected chi connectivity index (χ0v) is 27.5. The molecule has 3 amide bonds. The summed E-state index contributed by atoms with van der Waals surface area (Å²) in [4.78, 5) is 68.4. The molecule has 4 heterocycles. The smallest absolute Gasteiger partial charge is 0.328 e. The van der Waals surface area contributed by atoms with Crippen molar-refractivity contribution in [3.63, 3.8) is 0 Å². The zero-order chi connectivity index (χ0) is 32.4. The summed E-state index contributed by atoms with van der Waals surface area (Å²) in [5.74, 6) is -0.580. The minimum absolute atomic E-state index is 0.0121. The van der Waals surface area contributed by atoms with Gasteiger partial charge in [-0.05, 0) is 77.1 Å². The highest BCUT2D eigenvalue weighted by Gasteiger charge is 2.43. The van der Waals surface area contributed by atoms with Crippen molar-refractivity contribution in [2.24, 2.45) is 17.8 Å². The van der Waals surface area contributed by atoms with E-state index in [4.69, 9.17) is 16.3 Å². The first-order valence-electron chi connectivity index (χ1n) is 15.8. The molecule has 12 heteroatoms. The normalized spacial score (nSPS) is 22.1. The van der Waals surface area contributed by atoms with E-state index in [1.54, 1.807) is 24.8 Å². The number of amides is 3. The maximum Gasteiger partial charge on any atom is 0.328 e. The van der Waals surface area contributed by atoms with E-state index in [1.165, 1.54) is 11.2 Å². The molecule has 1 aromatic heterocycles. The van der Waals surface area contributed by atoms with E-state index in [2.05, 4.69) is 14.9 Å². The molecule has 0 N–H and O–H groups in total. The highest BCUT2D eigenvalue weighted by molar-refractivity contribution is 6.31.